The number of cyclic esters (lactones) is 2. The van der Waals surface area contributed by atoms with Gasteiger partial charge in [-0.15, -0.1) is 0 Å². The molecule has 4 N–H and O–H groups in total. The summed E-state index contributed by atoms with van der Waals surface area (Å²) in [6, 6.07) is 13.2. The molecule has 7 aliphatic heterocycles. The van der Waals surface area contributed by atoms with Crippen molar-refractivity contribution < 1.29 is 53.1 Å². The van der Waals surface area contributed by atoms with Crippen molar-refractivity contribution in [2.45, 2.75) is 196 Å². The molecule has 29 atom stereocenters. The van der Waals surface area contributed by atoms with Crippen LogP contribution in [0.3, 0.4) is 0 Å². The van der Waals surface area contributed by atoms with Crippen LogP contribution in [0.15, 0.2) is 95.3 Å². The first kappa shape index (κ1) is 56.0. The van der Waals surface area contributed by atoms with Crippen LogP contribution in [0.5, 0.6) is 0 Å². The van der Waals surface area contributed by atoms with Crippen LogP contribution in [0.2, 0.25) is 0 Å². The smallest absolute Gasteiger partial charge is 0.339 e. The molecule has 6 bridgehead atoms. The Kier molecular flexibility index (Phi) is 11.5. The zero-order valence-corrected chi connectivity index (χ0v) is 52.9. The van der Waals surface area contributed by atoms with Crippen molar-refractivity contribution in [2.24, 2.45) is 121 Å². The molecule has 7 spiro atoms. The topological polar surface area (TPSA) is 181 Å². The van der Waals surface area contributed by atoms with Crippen LogP contribution in [0.4, 0.5) is 0 Å². The largest absolute Gasteiger partial charge is 0.469 e. The maximum atomic E-state index is 18.0. The monoisotopic (exact) mass is 1220 g/mol. The van der Waals surface area contributed by atoms with Crippen molar-refractivity contribution >= 4 is 17.7 Å². The lowest BCUT2D eigenvalue weighted by molar-refractivity contribution is -0.308. The van der Waals surface area contributed by atoms with Gasteiger partial charge in [0.25, 0.3) is 0 Å². The number of fused-ring (bicyclic) bond motifs is 6. The molecule has 29 unspecified atom stereocenters. The number of allylic oxidation sites excluding steroid dienone is 3. The van der Waals surface area contributed by atoms with Crippen LogP contribution in [0.1, 0.15) is 159 Å². The predicted octanol–water partition coefficient (Wildman–Crippen LogP) is 10.7. The number of esters is 2. The zero-order valence-electron chi connectivity index (χ0n) is 52.9. The molecule has 14 fully saturated rings. The summed E-state index contributed by atoms with van der Waals surface area (Å²) < 4.78 is 37.7. The minimum atomic E-state index is -1.53. The average Bonchev–Trinajstić information content (AvgIpc) is 1.40. The van der Waals surface area contributed by atoms with Gasteiger partial charge < -0.3 is 43.6 Å². The van der Waals surface area contributed by atoms with E-state index in [0.29, 0.717) is 67.1 Å². The molecule has 478 valence electrons. The molecule has 13 nitrogen and oxygen atoms in total. The van der Waals surface area contributed by atoms with Gasteiger partial charge in [-0.1, -0.05) is 113 Å². The quantitative estimate of drug-likeness (QED) is 0.106. The van der Waals surface area contributed by atoms with Crippen molar-refractivity contribution in [3.05, 3.63) is 108 Å². The number of aliphatic hydroxyl groups excluding tert-OH is 3. The number of ketones is 1. The predicted molar refractivity (Wildman–Crippen MR) is 331 cm³/mol. The maximum absolute atomic E-state index is 18.0. The van der Waals surface area contributed by atoms with Crippen molar-refractivity contribution in [1.29, 1.82) is 0 Å². The average molecular weight is 1220 g/mol. The van der Waals surface area contributed by atoms with E-state index in [4.69, 9.17) is 23.4 Å². The standard InChI is InChI=1S/C77H94N2O11/c1-42-53-15-7-6-13-46(53)19-24-70(42)22-9-23-73-60(70)33-52-32-51-30-45-18-25-74-68(85)87-40-72(76(52,74)90-73)62-49(37-71(51,74)35-45)36-69(2)65(55-21-27-86-59(55)34-56(58(81)39-80)47-16-17-54-48(31-47)20-26-79-41-78-38-57(54)79)88-67(84)66-77(69,89-66)75(62,64(83)61(82)63(72)73)50-14-8-12-44(29-50)28-43-10-4-3-5-11-43/h3-5,9-11,18,20-22,25-27,33,42,44-51,53-54,56-58,60,62-66,78,80-81,83H,6-8,12-17,19,23-24,28-32,34-41H2,1-2H3. The van der Waals surface area contributed by atoms with Crippen molar-refractivity contribution in [2.75, 3.05) is 26.4 Å². The minimum absolute atomic E-state index is 0.0285. The Labute approximate surface area is 530 Å². The van der Waals surface area contributed by atoms with E-state index in [2.05, 4.69) is 97.1 Å². The zero-order chi connectivity index (χ0) is 60.5. The molecular formula is C77H94N2O11. The number of nitrogens with zero attached hydrogens (tertiary/aromatic N) is 1. The first-order chi connectivity index (χ1) is 43.7. The van der Waals surface area contributed by atoms with Gasteiger partial charge in [-0.3, -0.25) is 14.9 Å². The number of rotatable bonds is 9. The van der Waals surface area contributed by atoms with Gasteiger partial charge in [0.15, 0.2) is 11.9 Å². The van der Waals surface area contributed by atoms with Crippen molar-refractivity contribution in [3.63, 3.8) is 0 Å². The van der Waals surface area contributed by atoms with Crippen molar-refractivity contribution in [3.8, 4) is 0 Å². The highest BCUT2D eigenvalue weighted by Crippen LogP contribution is 2.93. The third-order valence-corrected chi connectivity index (χ3v) is 32.1. The number of nitrogens with one attached hydrogen (secondary N) is 1. The Bertz CT molecular complexity index is 3520. The van der Waals surface area contributed by atoms with Gasteiger partial charge in [0.2, 0.25) is 0 Å². The number of epoxide rings is 1. The number of carbonyl (C=O) groups excluding carboxylic acids is 3. The Morgan fingerprint density at radius 2 is 1.76 bits per heavy atom. The molecule has 1 aromatic heterocycles. The number of ether oxygens (including phenoxy) is 4. The summed E-state index contributed by atoms with van der Waals surface area (Å²) in [4.78, 5) is 52.8. The molecule has 90 heavy (non-hydrogen) atoms. The highest BCUT2D eigenvalue weighted by molar-refractivity contribution is 5.96. The van der Waals surface area contributed by atoms with Gasteiger partial charge in [-0.25, -0.2) is 4.79 Å². The maximum Gasteiger partial charge on any atom is 0.339 e. The van der Waals surface area contributed by atoms with Crippen LogP contribution in [0.25, 0.3) is 0 Å². The molecule has 11 aliphatic carbocycles. The number of benzene rings is 1. The van der Waals surface area contributed by atoms with E-state index >= 15 is 19.5 Å². The molecule has 13 heteroatoms. The summed E-state index contributed by atoms with van der Waals surface area (Å²) in [5, 5.41) is 41.6. The minimum Gasteiger partial charge on any atom is -0.469 e. The highest BCUT2D eigenvalue weighted by atomic mass is 16.7. The van der Waals surface area contributed by atoms with Crippen LogP contribution in [0, 0.1) is 121 Å². The Morgan fingerprint density at radius 3 is 2.63 bits per heavy atom. The third-order valence-electron chi connectivity index (χ3n) is 32.1. The van der Waals surface area contributed by atoms with E-state index in [1.54, 1.807) is 6.26 Å². The molecule has 20 rings (SSSR count). The molecule has 8 heterocycles. The van der Waals surface area contributed by atoms with E-state index in [1.807, 2.05) is 6.07 Å². The van der Waals surface area contributed by atoms with Gasteiger partial charge in [-0.2, -0.15) is 0 Å². The van der Waals surface area contributed by atoms with Crippen LogP contribution in [-0.4, -0.2) is 106 Å². The Hall–Kier alpha value is -4.37. The summed E-state index contributed by atoms with van der Waals surface area (Å²) in [6.45, 7) is 6.32. The number of hydrogen-bond acceptors (Lipinski definition) is 13. The lowest BCUT2D eigenvalue weighted by Gasteiger charge is -2.73. The second-order valence-electron chi connectivity index (χ2n) is 34.3. The molecule has 18 aliphatic rings. The van der Waals surface area contributed by atoms with Gasteiger partial charge in [-0.05, 0) is 202 Å². The second kappa shape index (κ2) is 18.5. The molecular weight excluding hydrogens is 1130 g/mol. The molecule has 2 aromatic rings. The van der Waals surface area contributed by atoms with Gasteiger partial charge in [0.1, 0.15) is 41.2 Å². The van der Waals surface area contributed by atoms with E-state index in [9.17, 15) is 10.2 Å². The summed E-state index contributed by atoms with van der Waals surface area (Å²) in [5.74, 6) is 0.934. The summed E-state index contributed by atoms with van der Waals surface area (Å²) in [7, 11) is 0. The fraction of sp³-hybridized carbons (Fsp3) is 0.727. The van der Waals surface area contributed by atoms with E-state index in [-0.39, 0.29) is 77.7 Å². The molecule has 0 radical (unpaired) electrons. The molecule has 1 aromatic carbocycles. The Balaban J connectivity index is 0.790. The van der Waals surface area contributed by atoms with E-state index in [0.717, 1.165) is 102 Å². The normalized spacial score (nSPS) is 54.2. The van der Waals surface area contributed by atoms with Crippen LogP contribution in [-0.2, 0) is 46.2 Å². The molecule has 5 saturated heterocycles. The fourth-order valence-corrected chi connectivity index (χ4v) is 29.6. The van der Waals surface area contributed by atoms with E-state index < -0.39 is 86.1 Å². The van der Waals surface area contributed by atoms with Crippen LogP contribution < -0.4 is 5.32 Å². The first-order valence-electron chi connectivity index (χ1n) is 36.3. The van der Waals surface area contributed by atoms with Crippen LogP contribution >= 0.6 is 0 Å². The molecule has 0 amide bonds. The fourth-order valence-electron chi connectivity index (χ4n) is 29.6. The van der Waals surface area contributed by atoms with Gasteiger partial charge in [0.05, 0.1) is 42.6 Å². The Morgan fingerprint density at radius 1 is 0.878 bits per heavy atom. The number of Topliss-reactive ketones (excluding diaryl/α,β-unsaturated/α-hetero) is 1. The van der Waals surface area contributed by atoms with Crippen molar-refractivity contribution in [1.82, 2.24) is 10.2 Å². The number of furan rings is 1. The highest BCUT2D eigenvalue weighted by Gasteiger charge is 3.01. The lowest BCUT2D eigenvalue weighted by Crippen LogP contribution is -2.83. The number of aliphatic hydroxyl groups is 3. The number of carbonyl (C=O) groups is 3. The second-order valence-corrected chi connectivity index (χ2v) is 34.3. The summed E-state index contributed by atoms with van der Waals surface area (Å²) in [5.41, 5.74) is -5.98. The van der Waals surface area contributed by atoms with Gasteiger partial charge in [0, 0.05) is 46.7 Å². The lowest BCUT2D eigenvalue weighted by atomic mass is 9.29. The third kappa shape index (κ3) is 6.19. The SMILES string of the molecule is CC1C2CCCCC2CCC12C=CCC13OC45C(=CC21)CC1CC2C=CC46C(=O)OCC54C3C(=O)C(O)C3(C5CCCC(Cc7ccccc7)C5)C4C(CC4(C)C(c5ccoc5CC(C(O)CO)C5CCC7C(C=CN8CNCC78)C5)OC(=O)C5OC543)CC16C2. The van der Waals surface area contributed by atoms with Gasteiger partial charge >= 0.3 is 11.9 Å². The van der Waals surface area contributed by atoms with E-state index in [1.165, 1.54) is 36.8 Å². The molecule has 9 saturated carbocycles. The first-order valence-corrected chi connectivity index (χ1v) is 36.3. The number of hydrogen-bond donors (Lipinski definition) is 4. The summed E-state index contributed by atoms with van der Waals surface area (Å²) >= 11 is 0. The summed E-state index contributed by atoms with van der Waals surface area (Å²) in [6.07, 6.45) is 33.4.